The molecule has 1 aliphatic heterocycles. The normalized spacial score (nSPS) is 16.4. The summed E-state index contributed by atoms with van der Waals surface area (Å²) in [6, 6.07) is 4.75. The summed E-state index contributed by atoms with van der Waals surface area (Å²) < 4.78 is 5.10. The Morgan fingerprint density at radius 3 is 2.75 bits per heavy atom. The molecular weight excluding hydrogens is 304 g/mol. The highest BCUT2D eigenvalue weighted by atomic mass is 35.5. The van der Waals surface area contributed by atoms with Crippen LogP contribution in [0.1, 0.15) is 5.56 Å². The zero-order chi connectivity index (χ0) is 14.7. The zero-order valence-electron chi connectivity index (χ0n) is 10.0. The van der Waals surface area contributed by atoms with Gasteiger partial charge in [0.2, 0.25) is 0 Å². The van der Waals surface area contributed by atoms with E-state index in [9.17, 15) is 14.4 Å². The molecule has 104 valence electrons. The number of carbonyl (C=O) groups excluding carboxylic acids is 3. The van der Waals surface area contributed by atoms with Crippen molar-refractivity contribution in [2.75, 3.05) is 6.61 Å². The van der Waals surface area contributed by atoms with Crippen LogP contribution in [0.5, 0.6) is 5.75 Å². The molecule has 3 N–H and O–H groups in total. The van der Waals surface area contributed by atoms with Gasteiger partial charge in [-0.25, -0.2) is 0 Å². The predicted molar refractivity (Wildman–Crippen MR) is 75.2 cm³/mol. The molecule has 1 heterocycles. The van der Waals surface area contributed by atoms with Crippen LogP contribution in [0, 0.1) is 0 Å². The Morgan fingerprint density at radius 1 is 1.45 bits per heavy atom. The minimum absolute atomic E-state index is 0.271. The summed E-state index contributed by atoms with van der Waals surface area (Å²) in [4.78, 5) is 33.3. The fourth-order valence-electron chi connectivity index (χ4n) is 1.45. The number of amides is 3. The molecule has 0 saturated carbocycles. The second kappa shape index (κ2) is 5.98. The predicted octanol–water partition coefficient (Wildman–Crippen LogP) is 1.53. The highest BCUT2D eigenvalue weighted by Gasteiger charge is 2.24. The van der Waals surface area contributed by atoms with Crippen LogP contribution in [-0.2, 0) is 9.59 Å². The fourth-order valence-corrected chi connectivity index (χ4v) is 2.37. The fraction of sp³-hybridized carbons (Fsp3) is 0.0833. The molecule has 0 bridgehead atoms. The van der Waals surface area contributed by atoms with Crippen molar-refractivity contribution < 1.29 is 19.1 Å². The van der Waals surface area contributed by atoms with Gasteiger partial charge in [-0.2, -0.15) is 0 Å². The number of nitrogens with two attached hydrogens (primary N) is 1. The van der Waals surface area contributed by atoms with Gasteiger partial charge >= 0.3 is 0 Å². The summed E-state index contributed by atoms with van der Waals surface area (Å²) in [5.41, 5.74) is 5.59. The number of hydrogen-bond acceptors (Lipinski definition) is 5. The van der Waals surface area contributed by atoms with E-state index in [-0.39, 0.29) is 16.5 Å². The van der Waals surface area contributed by atoms with E-state index in [0.717, 1.165) is 11.8 Å². The van der Waals surface area contributed by atoms with Crippen molar-refractivity contribution in [2.24, 2.45) is 5.73 Å². The first-order valence-electron chi connectivity index (χ1n) is 5.41. The number of ether oxygens (including phenoxy) is 1. The van der Waals surface area contributed by atoms with E-state index in [1.807, 2.05) is 0 Å². The number of primary amides is 1. The quantitative estimate of drug-likeness (QED) is 0.821. The van der Waals surface area contributed by atoms with Crippen LogP contribution in [0.2, 0.25) is 5.02 Å². The number of nitrogens with one attached hydrogen (secondary N) is 1. The molecule has 20 heavy (non-hydrogen) atoms. The molecule has 8 heteroatoms. The van der Waals surface area contributed by atoms with E-state index in [1.54, 1.807) is 18.2 Å². The number of benzene rings is 1. The minimum atomic E-state index is -0.607. The maximum absolute atomic E-state index is 11.4. The maximum Gasteiger partial charge on any atom is 0.290 e. The van der Waals surface area contributed by atoms with Gasteiger partial charge in [-0.3, -0.25) is 19.7 Å². The number of thioether (sulfide) groups is 1. The summed E-state index contributed by atoms with van der Waals surface area (Å²) in [7, 11) is 0. The van der Waals surface area contributed by atoms with Crippen LogP contribution in [0.25, 0.3) is 6.08 Å². The van der Waals surface area contributed by atoms with Crippen molar-refractivity contribution >= 4 is 46.5 Å². The smallest absolute Gasteiger partial charge is 0.290 e. The Morgan fingerprint density at radius 2 is 2.20 bits per heavy atom. The van der Waals surface area contributed by atoms with Crippen LogP contribution in [-0.4, -0.2) is 23.7 Å². The summed E-state index contributed by atoms with van der Waals surface area (Å²) in [6.45, 7) is -0.271. The second-order valence-electron chi connectivity index (χ2n) is 3.80. The molecule has 1 fully saturated rings. The van der Waals surface area contributed by atoms with Crippen LogP contribution < -0.4 is 15.8 Å². The van der Waals surface area contributed by atoms with Crippen molar-refractivity contribution in [3.63, 3.8) is 0 Å². The zero-order valence-corrected chi connectivity index (χ0v) is 11.6. The van der Waals surface area contributed by atoms with Gasteiger partial charge in [0, 0.05) is 0 Å². The molecule has 1 aromatic rings. The number of hydrogen-bond donors (Lipinski definition) is 2. The lowest BCUT2D eigenvalue weighted by atomic mass is 10.2. The molecule has 0 aromatic heterocycles. The molecule has 0 radical (unpaired) electrons. The first kappa shape index (κ1) is 14.4. The lowest BCUT2D eigenvalue weighted by Crippen LogP contribution is -2.20. The van der Waals surface area contributed by atoms with Gasteiger partial charge in [0.25, 0.3) is 17.1 Å². The highest BCUT2D eigenvalue weighted by molar-refractivity contribution is 8.18. The Kier molecular flexibility index (Phi) is 4.31. The average molecular weight is 313 g/mol. The highest BCUT2D eigenvalue weighted by Crippen LogP contribution is 2.29. The SMILES string of the molecule is NC(=O)COc1ccc(C=C2SC(=O)NC2=O)cc1Cl. The molecule has 2 rings (SSSR count). The molecule has 6 nitrogen and oxygen atoms in total. The molecule has 0 atom stereocenters. The minimum Gasteiger partial charge on any atom is -0.482 e. The van der Waals surface area contributed by atoms with Crippen molar-refractivity contribution in [2.45, 2.75) is 0 Å². The average Bonchev–Trinajstić information content (AvgIpc) is 2.66. The molecule has 0 aliphatic carbocycles. The standard InChI is InChI=1S/C12H9ClN2O4S/c13-7-3-6(1-2-8(7)19-5-10(14)16)4-9-11(17)15-12(18)20-9/h1-4H,5H2,(H2,14,16)(H,15,17,18). The molecule has 0 unspecified atom stereocenters. The van der Waals surface area contributed by atoms with E-state index in [2.05, 4.69) is 5.32 Å². The summed E-state index contributed by atoms with van der Waals surface area (Å²) in [5, 5.41) is 2.02. The lowest BCUT2D eigenvalue weighted by Gasteiger charge is -2.06. The molecule has 0 spiro atoms. The largest absolute Gasteiger partial charge is 0.482 e. The van der Waals surface area contributed by atoms with Crippen molar-refractivity contribution in [3.8, 4) is 5.75 Å². The van der Waals surface area contributed by atoms with Gasteiger partial charge in [-0.1, -0.05) is 17.7 Å². The summed E-state index contributed by atoms with van der Waals surface area (Å²) in [5.74, 6) is -0.734. The van der Waals surface area contributed by atoms with Gasteiger partial charge in [0.15, 0.2) is 6.61 Å². The monoisotopic (exact) mass is 312 g/mol. The molecule has 1 aliphatic rings. The van der Waals surface area contributed by atoms with E-state index >= 15 is 0 Å². The third-order valence-corrected chi connectivity index (χ3v) is 3.37. The van der Waals surface area contributed by atoms with Crippen LogP contribution in [0.15, 0.2) is 23.1 Å². The Hall–Kier alpha value is -1.99. The van der Waals surface area contributed by atoms with Crippen molar-refractivity contribution in [3.05, 3.63) is 33.7 Å². The Balaban J connectivity index is 2.17. The van der Waals surface area contributed by atoms with Crippen LogP contribution in [0.3, 0.4) is 0 Å². The first-order valence-corrected chi connectivity index (χ1v) is 6.60. The number of halogens is 1. The van der Waals surface area contributed by atoms with E-state index in [4.69, 9.17) is 22.1 Å². The number of rotatable bonds is 4. The topological polar surface area (TPSA) is 98.5 Å². The van der Waals surface area contributed by atoms with Gasteiger partial charge < -0.3 is 10.5 Å². The molecule has 3 amide bonds. The van der Waals surface area contributed by atoms with E-state index in [0.29, 0.717) is 11.3 Å². The number of imide groups is 1. The number of carbonyl (C=O) groups is 3. The van der Waals surface area contributed by atoms with Crippen molar-refractivity contribution in [1.29, 1.82) is 0 Å². The molecular formula is C12H9ClN2O4S. The van der Waals surface area contributed by atoms with Gasteiger partial charge in [0.05, 0.1) is 9.93 Å². The maximum atomic E-state index is 11.4. The third kappa shape index (κ3) is 3.52. The van der Waals surface area contributed by atoms with Crippen LogP contribution in [0.4, 0.5) is 4.79 Å². The lowest BCUT2D eigenvalue weighted by molar-refractivity contribution is -0.120. The first-order chi connectivity index (χ1) is 9.45. The van der Waals surface area contributed by atoms with E-state index in [1.165, 1.54) is 6.08 Å². The molecule has 1 aromatic carbocycles. The Bertz CT molecular complexity index is 630. The summed E-state index contributed by atoms with van der Waals surface area (Å²) >= 11 is 6.80. The van der Waals surface area contributed by atoms with Gasteiger partial charge in [0.1, 0.15) is 5.75 Å². The summed E-state index contributed by atoms with van der Waals surface area (Å²) in [6.07, 6.45) is 1.54. The second-order valence-corrected chi connectivity index (χ2v) is 5.22. The Labute approximate surface area is 123 Å². The van der Waals surface area contributed by atoms with Crippen molar-refractivity contribution in [1.82, 2.24) is 5.32 Å². The van der Waals surface area contributed by atoms with Crippen LogP contribution >= 0.6 is 23.4 Å². The van der Waals surface area contributed by atoms with Gasteiger partial charge in [-0.15, -0.1) is 0 Å². The third-order valence-electron chi connectivity index (χ3n) is 2.27. The van der Waals surface area contributed by atoms with E-state index < -0.39 is 17.1 Å². The van der Waals surface area contributed by atoms with Gasteiger partial charge in [-0.05, 0) is 35.5 Å². The molecule has 1 saturated heterocycles.